The van der Waals surface area contributed by atoms with Crippen molar-refractivity contribution >= 4 is 45.9 Å². The summed E-state index contributed by atoms with van der Waals surface area (Å²) in [6.45, 7) is 7.10. The number of nitrogens with zero attached hydrogens (tertiary/aromatic N) is 4. The van der Waals surface area contributed by atoms with E-state index in [-0.39, 0.29) is 53.8 Å². The molecule has 3 heterocycles. The lowest BCUT2D eigenvalue weighted by atomic mass is 9.83. The molecule has 2 fully saturated rings. The van der Waals surface area contributed by atoms with Gasteiger partial charge in [-0.3, -0.25) is 28.5 Å². The number of hydrogen-bond donors (Lipinski definition) is 6. The molecule has 19 heteroatoms. The highest BCUT2D eigenvalue weighted by atomic mass is 19.1. The third-order valence-electron chi connectivity index (χ3n) is 15.4. The molecule has 3 aromatic carbocycles. The van der Waals surface area contributed by atoms with E-state index in [0.717, 1.165) is 97.5 Å². The topological polar surface area (TPSA) is 211 Å². The van der Waals surface area contributed by atoms with Crippen molar-refractivity contribution in [1.29, 1.82) is 0 Å². The SMILES string of the molecule is CN[C@@H](C)C(=O)Nc1cnc(-c2ccccc2)n(CC(=O)NC2CCCc3ccc(COCCOCCOCCn4cc(NC[C@@H]5CCCN5C(=O)[C@@H](NC(=O)[C@H](C)NC)C5CCCCC5)c5ccc(F)cc54)cc32)c1=O. The summed E-state index contributed by atoms with van der Waals surface area (Å²) in [7, 11) is 3.40. The molecule has 2 aliphatic carbocycles. The molecule has 6 N–H and O–H groups in total. The number of likely N-dealkylation sites (tertiary alicyclic amines) is 1. The molecule has 8 rings (SSSR count). The first kappa shape index (κ1) is 56.7. The van der Waals surface area contributed by atoms with E-state index in [4.69, 9.17) is 14.2 Å². The fraction of sp³-hybridized carbons (Fsp3) is 0.517. The van der Waals surface area contributed by atoms with Crippen LogP contribution in [-0.2, 0) is 59.5 Å². The number of aromatic nitrogens is 3. The molecule has 1 saturated heterocycles. The molecule has 18 nitrogen and oxygen atoms in total. The molecule has 0 bridgehead atoms. The van der Waals surface area contributed by atoms with Gasteiger partial charge in [-0.15, -0.1) is 0 Å². The van der Waals surface area contributed by atoms with Gasteiger partial charge in [0.1, 0.15) is 29.9 Å². The molecule has 77 heavy (non-hydrogen) atoms. The molecule has 1 saturated carbocycles. The number of ether oxygens (including phenoxy) is 3. The molecule has 5 aromatic rings. The van der Waals surface area contributed by atoms with Gasteiger partial charge < -0.3 is 55.6 Å². The van der Waals surface area contributed by atoms with Gasteiger partial charge in [0.05, 0.1) is 75.2 Å². The van der Waals surface area contributed by atoms with E-state index in [0.29, 0.717) is 70.7 Å². The van der Waals surface area contributed by atoms with Crippen LogP contribution in [-0.4, -0.2) is 127 Å². The van der Waals surface area contributed by atoms with E-state index < -0.39 is 29.6 Å². The van der Waals surface area contributed by atoms with Crippen LogP contribution in [0, 0.1) is 11.7 Å². The van der Waals surface area contributed by atoms with Crippen LogP contribution in [0.15, 0.2) is 83.9 Å². The molecular formula is C58H77FN10O8. The molecule has 1 aliphatic heterocycles. The highest BCUT2D eigenvalue weighted by molar-refractivity contribution is 5.95. The third kappa shape index (κ3) is 14.7. The molecular weight excluding hydrogens is 984 g/mol. The molecule has 5 atom stereocenters. The zero-order chi connectivity index (χ0) is 54.3. The van der Waals surface area contributed by atoms with Gasteiger partial charge in [0.15, 0.2) is 0 Å². The fourth-order valence-corrected chi connectivity index (χ4v) is 10.8. The Bertz CT molecular complexity index is 2850. The second-order valence-corrected chi connectivity index (χ2v) is 20.6. The number of aryl methyl sites for hydroxylation is 1. The van der Waals surface area contributed by atoms with Crippen LogP contribution in [0.25, 0.3) is 22.3 Å². The van der Waals surface area contributed by atoms with Gasteiger partial charge in [0, 0.05) is 42.8 Å². The smallest absolute Gasteiger partial charge is 0.278 e. The quantitative estimate of drug-likeness (QED) is 0.0349. The number of hydrogen-bond acceptors (Lipinski definition) is 12. The van der Waals surface area contributed by atoms with Crippen LogP contribution in [0.4, 0.5) is 15.8 Å². The number of fused-ring (bicyclic) bond motifs is 2. The first-order valence-corrected chi connectivity index (χ1v) is 27.5. The Morgan fingerprint density at radius 3 is 2.30 bits per heavy atom. The van der Waals surface area contributed by atoms with Crippen LogP contribution in [0.1, 0.15) is 94.4 Å². The summed E-state index contributed by atoms with van der Waals surface area (Å²) >= 11 is 0. The number of rotatable bonds is 26. The Balaban J connectivity index is 0.776. The number of nitrogens with one attached hydrogen (secondary N) is 6. The minimum Gasteiger partial charge on any atom is -0.381 e. The van der Waals surface area contributed by atoms with E-state index >= 15 is 0 Å². The van der Waals surface area contributed by atoms with E-state index in [1.807, 2.05) is 52.1 Å². The summed E-state index contributed by atoms with van der Waals surface area (Å²) in [5, 5.41) is 19.3. The van der Waals surface area contributed by atoms with Crippen molar-refractivity contribution in [1.82, 2.24) is 40.3 Å². The van der Waals surface area contributed by atoms with Crippen molar-refractivity contribution in [2.75, 3.05) is 70.9 Å². The van der Waals surface area contributed by atoms with Gasteiger partial charge in [-0.2, -0.15) is 0 Å². The van der Waals surface area contributed by atoms with Crippen LogP contribution in [0.3, 0.4) is 0 Å². The van der Waals surface area contributed by atoms with E-state index in [2.05, 4.69) is 49.0 Å². The summed E-state index contributed by atoms with van der Waals surface area (Å²) in [5.41, 5.74) is 4.86. The Morgan fingerprint density at radius 2 is 1.53 bits per heavy atom. The van der Waals surface area contributed by atoms with Crippen molar-refractivity contribution in [3.8, 4) is 11.4 Å². The van der Waals surface area contributed by atoms with Gasteiger partial charge in [0.25, 0.3) is 5.56 Å². The Kier molecular flexibility index (Phi) is 20.4. The fourth-order valence-electron chi connectivity index (χ4n) is 10.8. The molecule has 2 aromatic heterocycles. The van der Waals surface area contributed by atoms with Crippen molar-refractivity contribution in [2.45, 2.75) is 128 Å². The highest BCUT2D eigenvalue weighted by Crippen LogP contribution is 2.33. The number of amides is 4. The Labute approximate surface area is 450 Å². The molecule has 414 valence electrons. The summed E-state index contributed by atoms with van der Waals surface area (Å²) in [6, 6.07) is 18.3. The van der Waals surface area contributed by atoms with Crippen LogP contribution < -0.4 is 37.5 Å². The molecule has 3 aliphatic rings. The molecule has 0 radical (unpaired) electrons. The Morgan fingerprint density at radius 1 is 0.792 bits per heavy atom. The lowest BCUT2D eigenvalue weighted by molar-refractivity contribution is -0.139. The zero-order valence-corrected chi connectivity index (χ0v) is 45.0. The van der Waals surface area contributed by atoms with Crippen molar-refractivity contribution in [3.05, 3.63) is 112 Å². The van der Waals surface area contributed by atoms with Crippen LogP contribution in [0.5, 0.6) is 0 Å². The second-order valence-electron chi connectivity index (χ2n) is 20.6. The first-order chi connectivity index (χ1) is 37.4. The summed E-state index contributed by atoms with van der Waals surface area (Å²) in [6.07, 6.45) is 12.7. The van der Waals surface area contributed by atoms with Gasteiger partial charge >= 0.3 is 0 Å². The first-order valence-electron chi connectivity index (χ1n) is 27.5. The predicted octanol–water partition coefficient (Wildman–Crippen LogP) is 6.07. The highest BCUT2D eigenvalue weighted by Gasteiger charge is 2.39. The van der Waals surface area contributed by atoms with E-state index in [1.54, 1.807) is 34.0 Å². The largest absolute Gasteiger partial charge is 0.381 e. The van der Waals surface area contributed by atoms with Gasteiger partial charge in [0.2, 0.25) is 23.6 Å². The normalized spacial score (nSPS) is 17.9. The lowest BCUT2D eigenvalue weighted by Crippen LogP contribution is -2.57. The van der Waals surface area contributed by atoms with E-state index in [1.165, 1.54) is 22.9 Å². The minimum absolute atomic E-state index is 0.000401. The second kappa shape index (κ2) is 27.7. The predicted molar refractivity (Wildman–Crippen MR) is 295 cm³/mol. The minimum atomic E-state index is -0.545. The average Bonchev–Trinajstić information content (AvgIpc) is 4.07. The molecule has 0 spiro atoms. The molecule has 4 amide bonds. The summed E-state index contributed by atoms with van der Waals surface area (Å²) in [5.74, 6) is -0.792. The standard InChI is InChI=1S/C58H77FN10O8/c1-38(60-3)55(71)65-49-34-63-54(43-15-9-6-10-16-43)69(57(49)73)36-52(70)64-48-19-11-17-41-21-20-40(31-47(41)48)37-77-30-29-76-28-27-75-26-25-67-35-50(46-23-22-44(59)32-51(46)67)62-33-45-18-12-24-68(45)58(74)53(42-13-7-5-8-14-42)66-56(72)39(2)61-4/h6,9-10,15-16,20-23,31-32,34-35,38-39,42,45,48,53,60-62H,5,7-8,11-14,17-19,24-30,33,36-37H2,1-4H3,(H,64,70)(H,65,71)(H,66,72)/t38-,39-,45-,48?,53-/m0/s1. The Hall–Kier alpha value is -6.51. The zero-order valence-electron chi connectivity index (χ0n) is 45.0. The number of halogens is 1. The summed E-state index contributed by atoms with van der Waals surface area (Å²) < 4.78 is 35.7. The monoisotopic (exact) mass is 1060 g/mol. The number of anilines is 2. The maximum atomic E-state index is 14.6. The number of carbonyl (C=O) groups excluding carboxylic acids is 4. The third-order valence-corrected chi connectivity index (χ3v) is 15.4. The van der Waals surface area contributed by atoms with Crippen molar-refractivity contribution in [2.24, 2.45) is 5.92 Å². The number of carbonyl (C=O) groups is 4. The van der Waals surface area contributed by atoms with Crippen LogP contribution >= 0.6 is 0 Å². The number of benzene rings is 3. The average molecular weight is 1060 g/mol. The molecule has 1 unspecified atom stereocenters. The van der Waals surface area contributed by atoms with E-state index in [9.17, 15) is 28.4 Å². The lowest BCUT2D eigenvalue weighted by Gasteiger charge is -2.35. The maximum Gasteiger partial charge on any atom is 0.278 e. The van der Waals surface area contributed by atoms with Gasteiger partial charge in [-0.25, -0.2) is 9.37 Å². The maximum absolute atomic E-state index is 14.6. The van der Waals surface area contributed by atoms with Gasteiger partial charge in [-0.1, -0.05) is 67.8 Å². The van der Waals surface area contributed by atoms with Crippen molar-refractivity contribution < 1.29 is 37.8 Å². The van der Waals surface area contributed by atoms with Crippen molar-refractivity contribution in [3.63, 3.8) is 0 Å². The van der Waals surface area contributed by atoms with Gasteiger partial charge in [-0.05, 0) is 114 Å². The van der Waals surface area contributed by atoms with Crippen LogP contribution in [0.2, 0.25) is 0 Å². The number of likely N-dealkylation sites (N-methyl/N-ethyl adjacent to an activating group) is 2. The summed E-state index contributed by atoms with van der Waals surface area (Å²) in [4.78, 5) is 74.0.